The van der Waals surface area contributed by atoms with E-state index in [0.29, 0.717) is 23.6 Å². The van der Waals surface area contributed by atoms with E-state index in [-0.39, 0.29) is 18.7 Å². The summed E-state index contributed by atoms with van der Waals surface area (Å²) in [6.07, 6.45) is 1.92. The van der Waals surface area contributed by atoms with Gasteiger partial charge in [0.25, 0.3) is 5.91 Å². The number of hydrogen-bond acceptors (Lipinski definition) is 4. The van der Waals surface area contributed by atoms with E-state index in [1.165, 1.54) is 0 Å². The second-order valence-corrected chi connectivity index (χ2v) is 4.33. The first-order chi connectivity index (χ1) is 8.70. The molecule has 1 aliphatic heterocycles. The van der Waals surface area contributed by atoms with Crippen molar-refractivity contribution in [1.82, 2.24) is 5.32 Å². The van der Waals surface area contributed by atoms with Crippen molar-refractivity contribution < 1.29 is 14.3 Å². The van der Waals surface area contributed by atoms with E-state index in [2.05, 4.69) is 12.2 Å². The third kappa shape index (κ3) is 2.92. The number of carbonyl (C=O) groups is 1. The van der Waals surface area contributed by atoms with Crippen molar-refractivity contribution in [1.29, 1.82) is 0 Å². The molecule has 5 heteroatoms. The highest BCUT2D eigenvalue weighted by Crippen LogP contribution is 2.32. The molecular formula is C13H18N2O3. The van der Waals surface area contributed by atoms with E-state index < -0.39 is 0 Å². The smallest absolute Gasteiger partial charge is 0.251 e. The molecule has 0 fully saturated rings. The highest BCUT2D eigenvalue weighted by Gasteiger charge is 2.16. The summed E-state index contributed by atoms with van der Waals surface area (Å²) >= 11 is 0. The van der Waals surface area contributed by atoms with Crippen LogP contribution in [0.5, 0.6) is 11.5 Å². The van der Waals surface area contributed by atoms with E-state index in [1.54, 1.807) is 18.2 Å². The molecule has 1 heterocycles. The molecule has 98 valence electrons. The van der Waals surface area contributed by atoms with Crippen LogP contribution in [0.25, 0.3) is 0 Å². The van der Waals surface area contributed by atoms with Crippen molar-refractivity contribution in [3.63, 3.8) is 0 Å². The van der Waals surface area contributed by atoms with Crippen molar-refractivity contribution in [3.05, 3.63) is 23.8 Å². The van der Waals surface area contributed by atoms with Crippen molar-refractivity contribution >= 4 is 5.91 Å². The van der Waals surface area contributed by atoms with Gasteiger partial charge in [0.2, 0.25) is 6.79 Å². The molecule has 0 aromatic heterocycles. The molecule has 0 aliphatic carbocycles. The highest BCUT2D eigenvalue weighted by atomic mass is 16.7. The summed E-state index contributed by atoms with van der Waals surface area (Å²) in [4.78, 5) is 11.9. The lowest BCUT2D eigenvalue weighted by molar-refractivity contribution is 0.0950. The molecule has 1 unspecified atom stereocenters. The molecular weight excluding hydrogens is 232 g/mol. The lowest BCUT2D eigenvalue weighted by Crippen LogP contribution is -2.37. The molecule has 2 rings (SSSR count). The van der Waals surface area contributed by atoms with Gasteiger partial charge in [-0.1, -0.05) is 13.3 Å². The van der Waals surface area contributed by atoms with Gasteiger partial charge in [-0.3, -0.25) is 4.79 Å². The zero-order valence-electron chi connectivity index (χ0n) is 10.4. The molecule has 0 saturated carbocycles. The van der Waals surface area contributed by atoms with Gasteiger partial charge >= 0.3 is 0 Å². The molecule has 1 atom stereocenters. The molecule has 1 amide bonds. The number of carbonyl (C=O) groups excluding carboxylic acids is 1. The minimum absolute atomic E-state index is 0.00737. The molecule has 0 bridgehead atoms. The zero-order valence-corrected chi connectivity index (χ0v) is 10.4. The van der Waals surface area contributed by atoms with E-state index in [0.717, 1.165) is 12.8 Å². The Morgan fingerprint density at radius 3 is 3.00 bits per heavy atom. The Balaban J connectivity index is 1.93. The maximum atomic E-state index is 11.9. The van der Waals surface area contributed by atoms with Crippen LogP contribution in [-0.4, -0.2) is 25.3 Å². The lowest BCUT2D eigenvalue weighted by atomic mass is 10.1. The standard InChI is InChI=1S/C13H18N2O3/c1-2-3-10(14)7-15-13(16)9-4-5-11-12(6-9)18-8-17-11/h4-6,10H,2-3,7-8,14H2,1H3,(H,15,16). The fourth-order valence-electron chi connectivity index (χ4n) is 1.84. The first-order valence-electron chi connectivity index (χ1n) is 6.14. The first-order valence-corrected chi connectivity index (χ1v) is 6.14. The van der Waals surface area contributed by atoms with E-state index in [4.69, 9.17) is 15.2 Å². The van der Waals surface area contributed by atoms with Gasteiger partial charge in [0.15, 0.2) is 11.5 Å². The van der Waals surface area contributed by atoms with Crippen molar-refractivity contribution in [3.8, 4) is 11.5 Å². The van der Waals surface area contributed by atoms with E-state index >= 15 is 0 Å². The predicted octanol–water partition coefficient (Wildman–Crippen LogP) is 1.27. The van der Waals surface area contributed by atoms with Crippen LogP contribution in [0.1, 0.15) is 30.1 Å². The Morgan fingerprint density at radius 2 is 2.22 bits per heavy atom. The molecule has 18 heavy (non-hydrogen) atoms. The topological polar surface area (TPSA) is 73.6 Å². The summed E-state index contributed by atoms with van der Waals surface area (Å²) in [5, 5.41) is 2.81. The number of hydrogen-bond donors (Lipinski definition) is 2. The Labute approximate surface area is 106 Å². The molecule has 1 aliphatic rings. The summed E-state index contributed by atoms with van der Waals surface area (Å²) < 4.78 is 10.4. The van der Waals surface area contributed by atoms with Crippen LogP contribution in [0.3, 0.4) is 0 Å². The van der Waals surface area contributed by atoms with Gasteiger partial charge in [-0.25, -0.2) is 0 Å². The number of nitrogens with two attached hydrogens (primary N) is 1. The third-order valence-corrected chi connectivity index (χ3v) is 2.82. The number of rotatable bonds is 5. The molecule has 1 aromatic carbocycles. The van der Waals surface area contributed by atoms with Crippen LogP contribution in [-0.2, 0) is 0 Å². The summed E-state index contributed by atoms with van der Waals surface area (Å²) in [7, 11) is 0. The van der Waals surface area contributed by atoms with Crippen LogP contribution >= 0.6 is 0 Å². The van der Waals surface area contributed by atoms with Gasteiger partial charge in [-0.05, 0) is 24.6 Å². The molecule has 3 N–H and O–H groups in total. The minimum Gasteiger partial charge on any atom is -0.454 e. The number of nitrogens with one attached hydrogen (secondary N) is 1. The quantitative estimate of drug-likeness (QED) is 0.825. The van der Waals surface area contributed by atoms with Gasteiger partial charge in [-0.2, -0.15) is 0 Å². The van der Waals surface area contributed by atoms with Gasteiger partial charge < -0.3 is 20.5 Å². The molecule has 0 radical (unpaired) electrons. The van der Waals surface area contributed by atoms with Gasteiger partial charge in [0.05, 0.1) is 0 Å². The van der Waals surface area contributed by atoms with Crippen molar-refractivity contribution in [2.75, 3.05) is 13.3 Å². The van der Waals surface area contributed by atoms with Crippen LogP contribution in [0.15, 0.2) is 18.2 Å². The summed E-state index contributed by atoms with van der Waals surface area (Å²) in [5.74, 6) is 1.15. The summed E-state index contributed by atoms with van der Waals surface area (Å²) in [6, 6.07) is 5.15. The lowest BCUT2D eigenvalue weighted by Gasteiger charge is -2.11. The molecule has 0 saturated heterocycles. The van der Waals surface area contributed by atoms with Gasteiger partial charge in [0, 0.05) is 18.2 Å². The Hall–Kier alpha value is -1.75. The summed E-state index contributed by atoms with van der Waals surface area (Å²) in [5.41, 5.74) is 6.40. The minimum atomic E-state index is -0.139. The Morgan fingerprint density at radius 1 is 1.44 bits per heavy atom. The average Bonchev–Trinajstić information content (AvgIpc) is 2.83. The maximum absolute atomic E-state index is 11.9. The van der Waals surface area contributed by atoms with Crippen LogP contribution in [0.2, 0.25) is 0 Å². The van der Waals surface area contributed by atoms with E-state index in [9.17, 15) is 4.79 Å². The molecule has 1 aromatic rings. The Kier molecular flexibility index (Phi) is 4.04. The zero-order chi connectivity index (χ0) is 13.0. The second kappa shape index (κ2) is 5.73. The van der Waals surface area contributed by atoms with Crippen molar-refractivity contribution in [2.45, 2.75) is 25.8 Å². The van der Waals surface area contributed by atoms with Crippen molar-refractivity contribution in [2.24, 2.45) is 5.73 Å². The van der Waals surface area contributed by atoms with Crippen LogP contribution < -0.4 is 20.5 Å². The van der Waals surface area contributed by atoms with Gasteiger partial charge in [0.1, 0.15) is 0 Å². The molecule has 5 nitrogen and oxygen atoms in total. The average molecular weight is 250 g/mol. The van der Waals surface area contributed by atoms with Crippen LogP contribution in [0, 0.1) is 0 Å². The maximum Gasteiger partial charge on any atom is 0.251 e. The van der Waals surface area contributed by atoms with E-state index in [1.807, 2.05) is 0 Å². The van der Waals surface area contributed by atoms with Crippen LogP contribution in [0.4, 0.5) is 0 Å². The number of amides is 1. The predicted molar refractivity (Wildman–Crippen MR) is 67.8 cm³/mol. The van der Waals surface area contributed by atoms with Gasteiger partial charge in [-0.15, -0.1) is 0 Å². The normalized spacial score (nSPS) is 14.3. The fraction of sp³-hybridized carbons (Fsp3) is 0.462. The Bertz CT molecular complexity index is 434. The SMILES string of the molecule is CCCC(N)CNC(=O)c1ccc2c(c1)OCO2. The molecule has 0 spiro atoms. The number of benzene rings is 1. The largest absolute Gasteiger partial charge is 0.454 e. The number of fused-ring (bicyclic) bond motifs is 1. The first kappa shape index (κ1) is 12.7. The third-order valence-electron chi connectivity index (χ3n) is 2.82. The summed E-state index contributed by atoms with van der Waals surface area (Å²) in [6.45, 7) is 2.77. The highest BCUT2D eigenvalue weighted by molar-refractivity contribution is 5.94. The fourth-order valence-corrected chi connectivity index (χ4v) is 1.84. The second-order valence-electron chi connectivity index (χ2n) is 4.33. The monoisotopic (exact) mass is 250 g/mol. The number of ether oxygens (including phenoxy) is 2.